The van der Waals surface area contributed by atoms with Crippen LogP contribution >= 0.6 is 0 Å². The van der Waals surface area contributed by atoms with Gasteiger partial charge in [0.15, 0.2) is 0 Å². The molecule has 0 fully saturated rings. The van der Waals surface area contributed by atoms with E-state index in [1.54, 1.807) is 6.92 Å². The van der Waals surface area contributed by atoms with E-state index in [4.69, 9.17) is 4.74 Å². The van der Waals surface area contributed by atoms with Gasteiger partial charge in [-0.2, -0.15) is 0 Å². The van der Waals surface area contributed by atoms with E-state index in [9.17, 15) is 9.18 Å². The van der Waals surface area contributed by atoms with E-state index in [0.717, 1.165) is 11.6 Å². The molecule has 1 N–H and O–H groups in total. The highest BCUT2D eigenvalue weighted by Gasteiger charge is 2.17. The Morgan fingerprint density at radius 2 is 1.96 bits per heavy atom. The summed E-state index contributed by atoms with van der Waals surface area (Å²) in [6.45, 7) is 8.73. The number of hydrogen-bond donors (Lipinski definition) is 1. The van der Waals surface area contributed by atoms with Gasteiger partial charge in [-0.25, -0.2) is 14.4 Å². The fourth-order valence-electron chi connectivity index (χ4n) is 2.26. The lowest BCUT2D eigenvalue weighted by Crippen LogP contribution is -2.19. The van der Waals surface area contributed by atoms with E-state index in [0.29, 0.717) is 17.1 Å². The van der Waals surface area contributed by atoms with Crippen molar-refractivity contribution in [2.24, 2.45) is 0 Å². The van der Waals surface area contributed by atoms with Crippen LogP contribution in [0.1, 0.15) is 24.1 Å². The number of amides is 1. The Morgan fingerprint density at radius 1 is 1.27 bits per heavy atom. The summed E-state index contributed by atoms with van der Waals surface area (Å²) in [4.78, 5) is 20.6. The van der Waals surface area contributed by atoms with Crippen LogP contribution in [0.3, 0.4) is 0 Å². The van der Waals surface area contributed by atoms with Crippen molar-refractivity contribution in [3.05, 3.63) is 84.8 Å². The zero-order chi connectivity index (χ0) is 19.1. The van der Waals surface area contributed by atoms with Gasteiger partial charge in [-0.3, -0.25) is 4.79 Å². The summed E-state index contributed by atoms with van der Waals surface area (Å²) < 4.78 is 18.3. The predicted octanol–water partition coefficient (Wildman–Crippen LogP) is 4.25. The Morgan fingerprint density at radius 3 is 2.58 bits per heavy atom. The van der Waals surface area contributed by atoms with Gasteiger partial charge in [-0.1, -0.05) is 43.5 Å². The number of allylic oxidation sites excluding steroid dienone is 3. The lowest BCUT2D eigenvalue weighted by Gasteiger charge is -2.13. The molecule has 0 aliphatic rings. The van der Waals surface area contributed by atoms with Crippen molar-refractivity contribution in [2.45, 2.75) is 12.8 Å². The highest BCUT2D eigenvalue weighted by atomic mass is 19.1. The molecular weight excluding hydrogens is 333 g/mol. The van der Waals surface area contributed by atoms with E-state index in [1.165, 1.54) is 19.5 Å². The number of methoxy groups -OCH3 is 1. The van der Waals surface area contributed by atoms with E-state index < -0.39 is 5.83 Å². The molecule has 0 radical (unpaired) electrons. The lowest BCUT2D eigenvalue weighted by atomic mass is 10.0. The number of aromatic nitrogens is 2. The molecular formula is C20H20FN3O2. The Kier molecular flexibility index (Phi) is 6.38. The quantitative estimate of drug-likeness (QED) is 0.597. The molecule has 0 aliphatic carbocycles. The number of carbonyl (C=O) groups excluding carboxylic acids is 1. The van der Waals surface area contributed by atoms with Crippen molar-refractivity contribution < 1.29 is 13.9 Å². The summed E-state index contributed by atoms with van der Waals surface area (Å²) in [6, 6.07) is 10.9. The van der Waals surface area contributed by atoms with Crippen LogP contribution in [0.15, 0.2) is 73.5 Å². The second kappa shape index (κ2) is 8.71. The Bertz CT molecular complexity index is 847. The van der Waals surface area contributed by atoms with Gasteiger partial charge in [-0.15, -0.1) is 0 Å². The first-order valence-electron chi connectivity index (χ1n) is 7.90. The van der Waals surface area contributed by atoms with Crippen molar-refractivity contribution in [2.75, 3.05) is 12.4 Å². The highest BCUT2D eigenvalue weighted by molar-refractivity contribution is 5.95. The van der Waals surface area contributed by atoms with Crippen molar-refractivity contribution in [3.8, 4) is 0 Å². The molecule has 2 aromatic rings. The fourth-order valence-corrected chi connectivity index (χ4v) is 2.26. The Labute approximate surface area is 151 Å². The predicted molar refractivity (Wildman–Crippen MR) is 99.9 cm³/mol. The van der Waals surface area contributed by atoms with E-state index in [-0.39, 0.29) is 17.6 Å². The molecule has 0 saturated carbocycles. The van der Waals surface area contributed by atoms with E-state index in [2.05, 4.69) is 28.4 Å². The van der Waals surface area contributed by atoms with Crippen molar-refractivity contribution >= 4 is 17.3 Å². The average molecular weight is 353 g/mol. The van der Waals surface area contributed by atoms with Crippen LogP contribution in [0, 0.1) is 0 Å². The molecule has 0 aliphatic heterocycles. The largest absolute Gasteiger partial charge is 0.497 e. The lowest BCUT2D eigenvalue weighted by molar-refractivity contribution is -0.117. The van der Waals surface area contributed by atoms with Crippen molar-refractivity contribution in [1.82, 2.24) is 9.97 Å². The first-order chi connectivity index (χ1) is 12.4. The number of halogens is 1. The third-order valence-electron chi connectivity index (χ3n) is 3.73. The number of nitrogens with one attached hydrogen (secondary N) is 1. The topological polar surface area (TPSA) is 64.1 Å². The number of carbonyl (C=O) groups is 1. The average Bonchev–Trinajstić information content (AvgIpc) is 2.65. The summed E-state index contributed by atoms with van der Waals surface area (Å²) in [5.41, 5.74) is 1.56. The van der Waals surface area contributed by atoms with Gasteiger partial charge in [0.1, 0.15) is 23.7 Å². The monoisotopic (exact) mass is 353 g/mol. The van der Waals surface area contributed by atoms with Crippen LogP contribution < -0.4 is 5.32 Å². The second-order valence-corrected chi connectivity index (χ2v) is 5.54. The van der Waals surface area contributed by atoms with Gasteiger partial charge in [0.05, 0.1) is 18.7 Å². The first kappa shape index (κ1) is 19.1. The third kappa shape index (κ3) is 4.86. The van der Waals surface area contributed by atoms with Crippen LogP contribution in [0.2, 0.25) is 0 Å². The first-order valence-corrected chi connectivity index (χ1v) is 7.90. The minimum absolute atomic E-state index is 0.216. The minimum Gasteiger partial charge on any atom is -0.497 e. The maximum absolute atomic E-state index is 13.3. The SMILES string of the molecule is C=C(F)/C=C(\C(=C)OC)c1cc(NC(=O)[C@H](C)c2ccccc2)ncn1. The van der Waals surface area contributed by atoms with Gasteiger partial charge >= 0.3 is 0 Å². The number of rotatable bonds is 7. The molecule has 0 spiro atoms. The van der Waals surface area contributed by atoms with Gasteiger partial charge in [0.25, 0.3) is 0 Å². The number of nitrogens with zero attached hydrogens (tertiary/aromatic N) is 2. The number of anilines is 1. The van der Waals surface area contributed by atoms with Gasteiger partial charge in [0, 0.05) is 11.6 Å². The Balaban J connectivity index is 2.24. The fraction of sp³-hybridized carbons (Fsp3) is 0.150. The number of hydrogen-bond acceptors (Lipinski definition) is 4. The summed E-state index contributed by atoms with van der Waals surface area (Å²) in [7, 11) is 1.42. The van der Waals surface area contributed by atoms with Crippen LogP contribution in [-0.4, -0.2) is 23.0 Å². The maximum atomic E-state index is 13.3. The summed E-state index contributed by atoms with van der Waals surface area (Å²) in [5, 5.41) is 2.74. The third-order valence-corrected chi connectivity index (χ3v) is 3.73. The molecule has 1 amide bonds. The normalized spacial score (nSPS) is 12.2. The van der Waals surface area contributed by atoms with Crippen molar-refractivity contribution in [1.29, 1.82) is 0 Å². The van der Waals surface area contributed by atoms with Crippen LogP contribution in [0.4, 0.5) is 10.2 Å². The molecule has 6 heteroatoms. The molecule has 5 nitrogen and oxygen atoms in total. The summed E-state index contributed by atoms with van der Waals surface area (Å²) >= 11 is 0. The molecule has 2 rings (SSSR count). The number of ether oxygens (including phenoxy) is 1. The van der Waals surface area contributed by atoms with Gasteiger partial charge < -0.3 is 10.1 Å². The molecule has 26 heavy (non-hydrogen) atoms. The Hall–Kier alpha value is -3.28. The zero-order valence-electron chi connectivity index (χ0n) is 14.7. The maximum Gasteiger partial charge on any atom is 0.232 e. The van der Waals surface area contributed by atoms with Crippen LogP contribution in [-0.2, 0) is 9.53 Å². The zero-order valence-corrected chi connectivity index (χ0v) is 14.7. The molecule has 134 valence electrons. The molecule has 1 aromatic heterocycles. The van der Waals surface area contributed by atoms with Gasteiger partial charge in [0.2, 0.25) is 5.91 Å². The highest BCUT2D eigenvalue weighted by Crippen LogP contribution is 2.24. The molecule has 1 aromatic carbocycles. The summed E-state index contributed by atoms with van der Waals surface area (Å²) in [5.74, 6) is -0.726. The molecule has 0 saturated heterocycles. The molecule has 1 atom stereocenters. The standard InChI is InChI=1S/C20H20FN3O2/c1-13(21)10-17(15(3)26-4)18-11-19(23-12-22-18)24-20(25)14(2)16-8-6-5-7-9-16/h5-12,14H,1,3H2,2,4H3,(H,22,23,24,25)/b17-10+/t14-/m1/s1. The molecule has 1 heterocycles. The minimum atomic E-state index is -0.667. The van der Waals surface area contributed by atoms with Crippen LogP contribution in [0.25, 0.3) is 5.57 Å². The van der Waals surface area contributed by atoms with E-state index in [1.807, 2.05) is 30.3 Å². The van der Waals surface area contributed by atoms with Crippen LogP contribution in [0.5, 0.6) is 0 Å². The number of benzene rings is 1. The second-order valence-electron chi connectivity index (χ2n) is 5.54. The van der Waals surface area contributed by atoms with Gasteiger partial charge in [-0.05, 0) is 18.6 Å². The molecule has 0 bridgehead atoms. The molecule has 0 unspecified atom stereocenters. The summed E-state index contributed by atoms with van der Waals surface area (Å²) in [6.07, 6.45) is 2.43. The van der Waals surface area contributed by atoms with Crippen molar-refractivity contribution in [3.63, 3.8) is 0 Å². The van der Waals surface area contributed by atoms with E-state index >= 15 is 0 Å². The smallest absolute Gasteiger partial charge is 0.232 e.